The number of aliphatic hydroxyl groups excluding tert-OH is 1. The fourth-order valence-corrected chi connectivity index (χ4v) is 2.57. The maximum Gasteiger partial charge on any atom is 0.164 e. The molecule has 0 aromatic rings. The van der Waals surface area contributed by atoms with Crippen molar-refractivity contribution >= 4 is 0 Å². The van der Waals surface area contributed by atoms with Crippen molar-refractivity contribution in [1.82, 2.24) is 0 Å². The molecule has 2 aliphatic rings. The highest BCUT2D eigenvalue weighted by molar-refractivity contribution is 5.15. The fourth-order valence-electron chi connectivity index (χ4n) is 2.57. The minimum Gasteiger partial charge on any atom is -0.393 e. The molecule has 0 radical (unpaired) electrons. The molecule has 0 aromatic carbocycles. The molecule has 1 saturated heterocycles. The van der Waals surface area contributed by atoms with E-state index in [4.69, 9.17) is 19.9 Å². The second-order valence-electron chi connectivity index (χ2n) is 4.90. The van der Waals surface area contributed by atoms with E-state index >= 15 is 0 Å². The molecule has 6 nitrogen and oxygen atoms in total. The van der Waals surface area contributed by atoms with E-state index in [9.17, 15) is 10.2 Å². The topological polar surface area (TPSA) is 94.2 Å². The Balaban J connectivity index is 2.31. The lowest BCUT2D eigenvalue weighted by Gasteiger charge is -2.32. The van der Waals surface area contributed by atoms with Gasteiger partial charge in [-0.05, 0) is 13.8 Å². The Bertz CT molecular complexity index is 284. The number of hydrogen-bond donors (Lipinski definition) is 3. The molecule has 16 heavy (non-hydrogen) atoms. The Morgan fingerprint density at radius 2 is 2.00 bits per heavy atom. The average Bonchev–Trinajstić information content (AvgIpc) is 2.62. The van der Waals surface area contributed by atoms with Gasteiger partial charge in [-0.1, -0.05) is 0 Å². The van der Waals surface area contributed by atoms with E-state index in [0.717, 1.165) is 0 Å². The van der Waals surface area contributed by atoms with Crippen LogP contribution < -0.4 is 5.73 Å². The first-order chi connectivity index (χ1) is 7.35. The van der Waals surface area contributed by atoms with Gasteiger partial charge in [0.1, 0.15) is 23.9 Å². The number of nitrogens with two attached hydrogens (primary N) is 1. The third-order valence-corrected chi connectivity index (χ3v) is 3.40. The molecule has 0 spiro atoms. The fraction of sp³-hybridized carbons (Fsp3) is 1.00. The van der Waals surface area contributed by atoms with Crippen LogP contribution in [0, 0.1) is 0 Å². The Labute approximate surface area is 94.3 Å². The van der Waals surface area contributed by atoms with Gasteiger partial charge < -0.3 is 30.2 Å². The highest BCUT2D eigenvalue weighted by atomic mass is 16.8. The molecule has 94 valence electrons. The summed E-state index contributed by atoms with van der Waals surface area (Å²) < 4.78 is 16.5. The van der Waals surface area contributed by atoms with E-state index in [-0.39, 0.29) is 0 Å². The van der Waals surface area contributed by atoms with Gasteiger partial charge in [0.05, 0.1) is 12.6 Å². The third kappa shape index (κ3) is 1.49. The van der Waals surface area contributed by atoms with Gasteiger partial charge >= 0.3 is 0 Å². The minimum absolute atomic E-state index is 0.452. The van der Waals surface area contributed by atoms with Crippen LogP contribution >= 0.6 is 0 Å². The van der Waals surface area contributed by atoms with Crippen LogP contribution in [0.1, 0.15) is 13.8 Å². The highest BCUT2D eigenvalue weighted by Gasteiger charge is 2.65. The van der Waals surface area contributed by atoms with Gasteiger partial charge in [0, 0.05) is 7.11 Å². The first-order valence-corrected chi connectivity index (χ1v) is 5.33. The van der Waals surface area contributed by atoms with E-state index < -0.39 is 42.3 Å². The number of fused-ring (bicyclic) bond motifs is 1. The van der Waals surface area contributed by atoms with Crippen LogP contribution in [0.15, 0.2) is 0 Å². The van der Waals surface area contributed by atoms with Crippen LogP contribution in [0.25, 0.3) is 0 Å². The van der Waals surface area contributed by atoms with E-state index in [1.54, 1.807) is 13.8 Å². The van der Waals surface area contributed by atoms with Gasteiger partial charge in [-0.25, -0.2) is 0 Å². The summed E-state index contributed by atoms with van der Waals surface area (Å²) in [4.78, 5) is 0. The van der Waals surface area contributed by atoms with Crippen molar-refractivity contribution in [3.63, 3.8) is 0 Å². The summed E-state index contributed by atoms with van der Waals surface area (Å²) in [5, 5.41) is 19.6. The van der Waals surface area contributed by atoms with Crippen molar-refractivity contribution < 1.29 is 24.4 Å². The van der Waals surface area contributed by atoms with E-state index in [1.807, 2.05) is 0 Å². The molecule has 1 heterocycles. The van der Waals surface area contributed by atoms with Gasteiger partial charge in [0.2, 0.25) is 0 Å². The number of hydrogen-bond acceptors (Lipinski definition) is 6. The van der Waals surface area contributed by atoms with Crippen LogP contribution in [-0.4, -0.2) is 59.7 Å². The number of aliphatic hydroxyl groups is 2. The van der Waals surface area contributed by atoms with Crippen molar-refractivity contribution in [2.45, 2.75) is 49.6 Å². The Morgan fingerprint density at radius 3 is 2.50 bits per heavy atom. The van der Waals surface area contributed by atoms with Gasteiger partial charge in [-0.3, -0.25) is 0 Å². The largest absolute Gasteiger partial charge is 0.393 e. The molecule has 0 amide bonds. The monoisotopic (exact) mass is 233 g/mol. The van der Waals surface area contributed by atoms with Gasteiger partial charge in [-0.15, -0.1) is 0 Å². The third-order valence-electron chi connectivity index (χ3n) is 3.40. The second kappa shape index (κ2) is 3.63. The number of ether oxygens (including phenoxy) is 3. The summed E-state index contributed by atoms with van der Waals surface area (Å²) in [6.45, 7) is 3.03. The highest BCUT2D eigenvalue weighted by Crippen LogP contribution is 2.44. The lowest BCUT2D eigenvalue weighted by molar-refractivity contribution is -0.198. The molecule has 1 aliphatic heterocycles. The lowest BCUT2D eigenvalue weighted by atomic mass is 9.97. The standard InChI is InChI=1S/C10H19NO5/c1-9(2)15-6-5(14-3)7(11)10(13,4-12)8(6)16-9/h5-8,12-13H,4,11H2,1-3H3/t5-,6-,7+,8-,10+/m1/s1. The predicted octanol–water partition coefficient (Wildman–Crippen LogP) is -1.41. The van der Waals surface area contributed by atoms with Gasteiger partial charge in [0.15, 0.2) is 5.79 Å². The molecule has 2 fully saturated rings. The SMILES string of the molecule is CO[C@@H]1[C@H]2OC(C)(C)O[C@H]2[C@](O)(CO)[C@H]1N. The zero-order chi connectivity index (χ0) is 12.1. The zero-order valence-corrected chi connectivity index (χ0v) is 9.71. The van der Waals surface area contributed by atoms with Crippen LogP contribution in [-0.2, 0) is 14.2 Å². The number of rotatable bonds is 2. The van der Waals surface area contributed by atoms with Gasteiger partial charge in [-0.2, -0.15) is 0 Å². The molecule has 1 aliphatic carbocycles. The van der Waals surface area contributed by atoms with Crippen LogP contribution in [0.4, 0.5) is 0 Å². The van der Waals surface area contributed by atoms with Crippen LogP contribution in [0.5, 0.6) is 0 Å². The molecule has 0 aromatic heterocycles. The summed E-state index contributed by atoms with van der Waals surface area (Å²) >= 11 is 0. The molecule has 2 rings (SSSR count). The molecule has 0 unspecified atom stereocenters. The Morgan fingerprint density at radius 1 is 1.38 bits per heavy atom. The summed E-state index contributed by atoms with van der Waals surface area (Å²) in [6, 6.07) is -0.728. The average molecular weight is 233 g/mol. The summed E-state index contributed by atoms with van der Waals surface area (Å²) in [6.07, 6.45) is -1.59. The molecule has 1 saturated carbocycles. The normalized spacial score (nSPS) is 50.6. The van der Waals surface area contributed by atoms with E-state index in [0.29, 0.717) is 0 Å². The molecular formula is C10H19NO5. The second-order valence-corrected chi connectivity index (χ2v) is 4.90. The Hall–Kier alpha value is -0.240. The maximum atomic E-state index is 10.3. The summed E-state index contributed by atoms with van der Waals surface area (Å²) in [7, 11) is 1.50. The Kier molecular flexibility index (Phi) is 2.77. The molecule has 4 N–H and O–H groups in total. The van der Waals surface area contributed by atoms with E-state index in [2.05, 4.69) is 0 Å². The van der Waals surface area contributed by atoms with Crippen molar-refractivity contribution in [3.8, 4) is 0 Å². The minimum atomic E-state index is -1.51. The smallest absolute Gasteiger partial charge is 0.164 e. The number of methoxy groups -OCH3 is 1. The van der Waals surface area contributed by atoms with Crippen molar-refractivity contribution in [2.75, 3.05) is 13.7 Å². The van der Waals surface area contributed by atoms with Crippen molar-refractivity contribution in [1.29, 1.82) is 0 Å². The van der Waals surface area contributed by atoms with Crippen molar-refractivity contribution in [3.05, 3.63) is 0 Å². The van der Waals surface area contributed by atoms with Crippen molar-refractivity contribution in [2.24, 2.45) is 5.73 Å². The predicted molar refractivity (Wildman–Crippen MR) is 54.6 cm³/mol. The quantitative estimate of drug-likeness (QED) is 0.542. The first kappa shape index (κ1) is 12.2. The molecule has 5 atom stereocenters. The van der Waals surface area contributed by atoms with Gasteiger partial charge in [0.25, 0.3) is 0 Å². The molecular weight excluding hydrogens is 214 g/mol. The summed E-state index contributed by atoms with van der Waals surface area (Å²) in [5.41, 5.74) is 4.35. The van der Waals surface area contributed by atoms with Crippen LogP contribution in [0.2, 0.25) is 0 Å². The summed E-state index contributed by atoms with van der Waals surface area (Å²) in [5.74, 6) is -0.796. The van der Waals surface area contributed by atoms with E-state index in [1.165, 1.54) is 7.11 Å². The van der Waals surface area contributed by atoms with Crippen LogP contribution in [0.3, 0.4) is 0 Å². The maximum absolute atomic E-state index is 10.3. The zero-order valence-electron chi connectivity index (χ0n) is 9.71. The first-order valence-electron chi connectivity index (χ1n) is 5.33. The molecule has 6 heteroatoms. The lowest BCUT2D eigenvalue weighted by Crippen LogP contribution is -2.57. The molecule has 0 bridgehead atoms.